The molecule has 0 radical (unpaired) electrons. The highest BCUT2D eigenvalue weighted by atomic mass is 35.5. The molecule has 0 spiro atoms. The molecule has 4 aromatic rings. The minimum absolute atomic E-state index is 0.117. The number of aliphatic hydroxyl groups is 1. The number of pyridine rings is 1. The van der Waals surface area contributed by atoms with Crippen molar-refractivity contribution in [2.24, 2.45) is 0 Å². The molecular weight excluding hydrogens is 520 g/mol. The van der Waals surface area contributed by atoms with Gasteiger partial charge in [0.05, 0.1) is 38.0 Å². The number of amides is 1. The number of aliphatic hydroxyl groups excluding tert-OH is 1. The Balaban J connectivity index is 1.71. The molecule has 12 heteroatoms. The molecule has 0 bridgehead atoms. The van der Waals surface area contributed by atoms with Crippen LogP contribution in [-0.2, 0) is 9.59 Å². The molecule has 186 valence electrons. The van der Waals surface area contributed by atoms with E-state index in [1.54, 1.807) is 31.2 Å². The van der Waals surface area contributed by atoms with Gasteiger partial charge >= 0.3 is 5.91 Å². The topological polar surface area (TPSA) is 136 Å². The number of nitro benzene ring substituents is 1. The van der Waals surface area contributed by atoms with E-state index in [4.69, 9.17) is 16.3 Å². The van der Waals surface area contributed by atoms with Gasteiger partial charge in [0.2, 0.25) is 0 Å². The van der Waals surface area contributed by atoms with Crippen LogP contribution in [0, 0.1) is 10.1 Å². The molecule has 1 aliphatic heterocycles. The molecule has 37 heavy (non-hydrogen) atoms. The highest BCUT2D eigenvalue weighted by Crippen LogP contribution is 2.45. The van der Waals surface area contributed by atoms with Gasteiger partial charge in [-0.3, -0.25) is 29.6 Å². The Hall–Kier alpha value is -4.35. The number of anilines is 1. The molecule has 1 saturated heterocycles. The minimum Gasteiger partial charge on any atom is -0.507 e. The van der Waals surface area contributed by atoms with Crippen molar-refractivity contribution >= 4 is 61.4 Å². The molecule has 0 aliphatic carbocycles. The van der Waals surface area contributed by atoms with Crippen LogP contribution in [0.25, 0.3) is 16.0 Å². The van der Waals surface area contributed by atoms with Gasteiger partial charge in [0.15, 0.2) is 5.13 Å². The van der Waals surface area contributed by atoms with Gasteiger partial charge in [0.1, 0.15) is 17.6 Å². The number of aromatic nitrogens is 2. The maximum Gasteiger partial charge on any atom is 0.301 e. The summed E-state index contributed by atoms with van der Waals surface area (Å²) in [5.74, 6) is -1.94. The first-order valence-corrected chi connectivity index (χ1v) is 12.2. The summed E-state index contributed by atoms with van der Waals surface area (Å²) in [5.41, 5.74) is 0.496. The monoisotopic (exact) mass is 536 g/mol. The van der Waals surface area contributed by atoms with Crippen LogP contribution in [0.15, 0.2) is 66.4 Å². The average molecular weight is 537 g/mol. The molecule has 2 aromatic carbocycles. The Morgan fingerprint density at radius 2 is 2.03 bits per heavy atom. The second-order valence-electron chi connectivity index (χ2n) is 7.90. The normalized spacial score (nSPS) is 16.9. The van der Waals surface area contributed by atoms with E-state index in [1.807, 2.05) is 0 Å². The summed E-state index contributed by atoms with van der Waals surface area (Å²) >= 11 is 7.37. The lowest BCUT2D eigenvalue weighted by molar-refractivity contribution is -0.384. The largest absolute Gasteiger partial charge is 0.507 e. The zero-order valence-electron chi connectivity index (χ0n) is 19.1. The number of hydrogen-bond donors (Lipinski definition) is 1. The van der Waals surface area contributed by atoms with Crippen molar-refractivity contribution in [2.45, 2.75) is 13.0 Å². The maximum atomic E-state index is 13.3. The highest BCUT2D eigenvalue weighted by molar-refractivity contribution is 7.22. The Morgan fingerprint density at radius 1 is 1.22 bits per heavy atom. The van der Waals surface area contributed by atoms with Gasteiger partial charge in [-0.1, -0.05) is 29.0 Å². The number of ketones is 1. The van der Waals surface area contributed by atoms with Gasteiger partial charge < -0.3 is 9.84 Å². The van der Waals surface area contributed by atoms with E-state index in [1.165, 1.54) is 36.5 Å². The first kappa shape index (κ1) is 24.3. The molecule has 10 nitrogen and oxygen atoms in total. The second kappa shape index (κ2) is 9.60. The van der Waals surface area contributed by atoms with Crippen LogP contribution in [-0.4, -0.2) is 38.3 Å². The van der Waals surface area contributed by atoms with Crippen molar-refractivity contribution in [1.29, 1.82) is 0 Å². The number of benzene rings is 2. The van der Waals surface area contributed by atoms with E-state index in [0.717, 1.165) is 16.2 Å². The Morgan fingerprint density at radius 3 is 2.73 bits per heavy atom. The average Bonchev–Trinajstić information content (AvgIpc) is 3.43. The van der Waals surface area contributed by atoms with Crippen LogP contribution >= 0.6 is 22.9 Å². The predicted molar refractivity (Wildman–Crippen MR) is 138 cm³/mol. The van der Waals surface area contributed by atoms with Crippen molar-refractivity contribution in [2.75, 3.05) is 11.5 Å². The number of rotatable bonds is 6. The lowest BCUT2D eigenvalue weighted by Crippen LogP contribution is -2.29. The third kappa shape index (κ3) is 4.28. The number of non-ortho nitro benzene ring substituents is 1. The molecule has 1 aliphatic rings. The van der Waals surface area contributed by atoms with Gasteiger partial charge in [-0.05, 0) is 43.3 Å². The molecule has 0 saturated carbocycles. The van der Waals surface area contributed by atoms with Gasteiger partial charge in [-0.15, -0.1) is 0 Å². The Bertz CT molecular complexity index is 1600. The fourth-order valence-corrected chi connectivity index (χ4v) is 5.28. The number of thiazole rings is 1. The third-order valence-electron chi connectivity index (χ3n) is 5.69. The summed E-state index contributed by atoms with van der Waals surface area (Å²) in [4.78, 5) is 47.3. The zero-order valence-corrected chi connectivity index (χ0v) is 20.7. The zero-order chi connectivity index (χ0) is 26.3. The number of carbonyl (C=O) groups excluding carboxylic acids is 2. The van der Waals surface area contributed by atoms with Crippen LogP contribution in [0.3, 0.4) is 0 Å². The van der Waals surface area contributed by atoms with Crippen molar-refractivity contribution in [3.63, 3.8) is 0 Å². The summed E-state index contributed by atoms with van der Waals surface area (Å²) in [5, 5.41) is 22.8. The summed E-state index contributed by atoms with van der Waals surface area (Å²) in [7, 11) is 0. The lowest BCUT2D eigenvalue weighted by Gasteiger charge is -2.22. The molecule has 5 rings (SSSR count). The van der Waals surface area contributed by atoms with E-state index in [0.29, 0.717) is 28.3 Å². The minimum atomic E-state index is -1.12. The molecule has 1 amide bonds. The van der Waals surface area contributed by atoms with Crippen molar-refractivity contribution in [3.05, 3.63) is 92.8 Å². The van der Waals surface area contributed by atoms with Crippen molar-refractivity contribution in [3.8, 4) is 5.75 Å². The van der Waals surface area contributed by atoms with Crippen LogP contribution in [0.1, 0.15) is 24.2 Å². The molecule has 2 aromatic heterocycles. The first-order chi connectivity index (χ1) is 17.8. The van der Waals surface area contributed by atoms with E-state index in [9.17, 15) is 24.8 Å². The number of nitro groups is 1. The fraction of sp³-hybridized carbons (Fsp3) is 0.120. The summed E-state index contributed by atoms with van der Waals surface area (Å²) in [6.45, 7) is 2.17. The molecule has 1 fully saturated rings. The van der Waals surface area contributed by atoms with Crippen LogP contribution in [0.5, 0.6) is 5.75 Å². The third-order valence-corrected chi connectivity index (χ3v) is 7.04. The molecule has 1 atom stereocenters. The number of nitrogens with zero attached hydrogens (tertiary/aromatic N) is 4. The first-order valence-electron chi connectivity index (χ1n) is 11.0. The molecule has 3 heterocycles. The summed E-state index contributed by atoms with van der Waals surface area (Å²) < 4.78 is 5.96. The van der Waals surface area contributed by atoms with Crippen molar-refractivity contribution in [1.82, 2.24) is 9.97 Å². The van der Waals surface area contributed by atoms with Gasteiger partial charge in [0, 0.05) is 23.9 Å². The predicted octanol–water partition coefficient (Wildman–Crippen LogP) is 5.28. The van der Waals surface area contributed by atoms with E-state index >= 15 is 0 Å². The van der Waals surface area contributed by atoms with Crippen LogP contribution in [0.2, 0.25) is 5.02 Å². The molecule has 1 unspecified atom stereocenters. The number of fused-ring (bicyclic) bond motifs is 1. The quantitative estimate of drug-likeness (QED) is 0.116. The van der Waals surface area contributed by atoms with E-state index in [-0.39, 0.29) is 27.0 Å². The van der Waals surface area contributed by atoms with Crippen LogP contribution < -0.4 is 9.64 Å². The fourth-order valence-electron chi connectivity index (χ4n) is 4.05. The summed E-state index contributed by atoms with van der Waals surface area (Å²) in [6, 6.07) is 12.6. The number of Topliss-reactive ketones (excluding diaryl/α,β-unsaturated/α-hetero) is 1. The van der Waals surface area contributed by atoms with E-state index in [2.05, 4.69) is 9.97 Å². The highest BCUT2D eigenvalue weighted by Gasteiger charge is 2.49. The smallest absolute Gasteiger partial charge is 0.301 e. The Labute approximate surface area is 218 Å². The van der Waals surface area contributed by atoms with Gasteiger partial charge in [0.25, 0.3) is 11.5 Å². The number of ether oxygens (including phenoxy) is 1. The van der Waals surface area contributed by atoms with Gasteiger partial charge in [-0.25, -0.2) is 4.98 Å². The van der Waals surface area contributed by atoms with Crippen molar-refractivity contribution < 1.29 is 24.4 Å². The molecule has 1 N–H and O–H groups in total. The second-order valence-corrected chi connectivity index (χ2v) is 9.32. The standard InChI is InChI=1S/C25H17ClN4O6S/c1-2-36-14-7-8-16(26)15(12-14)22(31)20-21(18-5-3-4-10-27-18)29(24(33)23(20)32)25-28-17-9-6-13(30(34)35)11-19(17)37-25/h3-12,21,31H,2H2,1H3/b22-20+. The number of halogens is 1. The van der Waals surface area contributed by atoms with E-state index < -0.39 is 28.4 Å². The molecular formula is C25H17ClN4O6S. The lowest BCUT2D eigenvalue weighted by atomic mass is 9.98. The van der Waals surface area contributed by atoms with Crippen LogP contribution in [0.4, 0.5) is 10.8 Å². The van der Waals surface area contributed by atoms with Gasteiger partial charge in [-0.2, -0.15) is 0 Å². The number of hydrogen-bond acceptors (Lipinski definition) is 9. The SMILES string of the molecule is CCOc1ccc(Cl)c(/C(O)=C2\C(=O)C(=O)N(c3nc4ccc([N+](=O)[O-])cc4s3)C2c2ccccn2)c1. The number of carbonyl (C=O) groups is 2. The summed E-state index contributed by atoms with van der Waals surface area (Å²) in [6.07, 6.45) is 1.50. The maximum absolute atomic E-state index is 13.3. The Kier molecular flexibility index (Phi) is 6.32.